The predicted molar refractivity (Wildman–Crippen MR) is 177 cm³/mol. The van der Waals surface area contributed by atoms with Crippen molar-refractivity contribution in [1.82, 2.24) is 20.6 Å². The Morgan fingerprint density at radius 2 is 1.81 bits per heavy atom. The van der Waals surface area contributed by atoms with Gasteiger partial charge >= 0.3 is 11.9 Å². The highest BCUT2D eigenvalue weighted by atomic mass is 16.6. The lowest BCUT2D eigenvalue weighted by Crippen LogP contribution is -2.24. The predicted octanol–water partition coefficient (Wildman–Crippen LogP) is 4.99. The average molecular weight is 643 g/mol. The molecule has 6 atom stereocenters. The zero-order valence-electron chi connectivity index (χ0n) is 28.3. The van der Waals surface area contributed by atoms with E-state index in [1.165, 1.54) is 23.8 Å². The normalized spacial score (nSPS) is 30.0. The van der Waals surface area contributed by atoms with Crippen LogP contribution in [0.2, 0.25) is 0 Å². The number of hydrogen-bond donors (Lipinski definition) is 5. The zero-order chi connectivity index (χ0) is 33.3. The molecule has 1 aliphatic carbocycles. The first-order valence-corrected chi connectivity index (χ1v) is 16.9. The van der Waals surface area contributed by atoms with Crippen molar-refractivity contribution < 1.29 is 28.9 Å². The van der Waals surface area contributed by atoms with Crippen molar-refractivity contribution in [3.8, 4) is 0 Å². The molecule has 2 aromatic heterocycles. The first-order valence-electron chi connectivity index (χ1n) is 16.9. The van der Waals surface area contributed by atoms with Gasteiger partial charge in [0.1, 0.15) is 5.92 Å². The Kier molecular flexibility index (Phi) is 7.99. The Labute approximate surface area is 275 Å². The molecule has 8 bridgehead atoms. The van der Waals surface area contributed by atoms with Gasteiger partial charge in [0.2, 0.25) is 0 Å². The molecule has 2 aromatic rings. The van der Waals surface area contributed by atoms with E-state index >= 15 is 0 Å². The number of allylic oxidation sites excluding steroid dienone is 3. The second kappa shape index (κ2) is 11.9. The number of aliphatic hydroxyl groups excluding tert-OH is 1. The summed E-state index contributed by atoms with van der Waals surface area (Å²) in [5.41, 5.74) is 14.0. The summed E-state index contributed by atoms with van der Waals surface area (Å²) in [6.07, 6.45) is 5.74. The minimum Gasteiger partial charge on any atom is -0.468 e. The second-order valence-corrected chi connectivity index (χ2v) is 13.6. The number of aliphatic hydroxyl groups is 1. The molecule has 0 amide bonds. The number of carbonyl (C=O) groups is 2. The van der Waals surface area contributed by atoms with Crippen molar-refractivity contribution in [2.75, 3.05) is 20.3 Å². The van der Waals surface area contributed by atoms with E-state index in [0.717, 1.165) is 69.7 Å². The Morgan fingerprint density at radius 3 is 2.49 bits per heavy atom. The molecule has 0 saturated carbocycles. The number of esters is 2. The maximum Gasteiger partial charge on any atom is 0.316 e. The van der Waals surface area contributed by atoms with E-state index in [1.54, 1.807) is 0 Å². The van der Waals surface area contributed by atoms with Crippen molar-refractivity contribution in [3.63, 3.8) is 0 Å². The van der Waals surface area contributed by atoms with E-state index < -0.39 is 18.0 Å². The summed E-state index contributed by atoms with van der Waals surface area (Å²) in [4.78, 5) is 33.5. The minimum atomic E-state index is -1.07. The number of nitrogens with one attached hydrogen (secondary N) is 4. The van der Waals surface area contributed by atoms with Crippen molar-refractivity contribution in [2.24, 2.45) is 23.7 Å². The van der Waals surface area contributed by atoms with Crippen LogP contribution >= 0.6 is 0 Å². The van der Waals surface area contributed by atoms with E-state index in [9.17, 15) is 14.7 Å². The third-order valence-corrected chi connectivity index (χ3v) is 11.1. The van der Waals surface area contributed by atoms with Gasteiger partial charge in [-0.25, -0.2) is 0 Å². The SMILES string of the molecule is CCOC(=O)CC[C@@H]1/C2=C3/c4[nH]c(c(C)c4[C@@H](O)[C@@H]3C(=O)OC)Cc3[nH]c(c(C)c3CC)C=C3NC(=C(C)[C@H]3[C@H]3CO3)/C=C(\N2)[C@H]1C. The fourth-order valence-electron chi connectivity index (χ4n) is 8.46. The zero-order valence-corrected chi connectivity index (χ0v) is 28.3. The molecule has 6 heterocycles. The molecule has 47 heavy (non-hydrogen) atoms. The third-order valence-electron chi connectivity index (χ3n) is 11.1. The second-order valence-electron chi connectivity index (χ2n) is 13.6. The minimum absolute atomic E-state index is 0.0108. The fourth-order valence-corrected chi connectivity index (χ4v) is 8.46. The maximum absolute atomic E-state index is 13.4. The molecule has 0 spiro atoms. The maximum atomic E-state index is 13.4. The molecule has 0 unspecified atom stereocenters. The van der Waals surface area contributed by atoms with E-state index in [0.29, 0.717) is 25.0 Å². The summed E-state index contributed by atoms with van der Waals surface area (Å²) in [6.45, 7) is 13.5. The van der Waals surface area contributed by atoms with Gasteiger partial charge in [-0.2, -0.15) is 0 Å². The lowest BCUT2D eigenvalue weighted by molar-refractivity contribution is -0.146. The number of carbonyl (C=O) groups excluding carboxylic acids is 2. The molecule has 2 saturated heterocycles. The molecule has 4 aliphatic heterocycles. The first-order chi connectivity index (χ1) is 22.6. The van der Waals surface area contributed by atoms with Crippen molar-refractivity contribution in [2.45, 2.75) is 79.4 Å². The number of ether oxygens (including phenoxy) is 3. The van der Waals surface area contributed by atoms with Gasteiger partial charge in [-0.05, 0) is 75.0 Å². The number of aromatic nitrogens is 2. The lowest BCUT2D eigenvalue weighted by atomic mass is 9.84. The number of aromatic amines is 2. The smallest absolute Gasteiger partial charge is 0.316 e. The number of methoxy groups -OCH3 is 1. The molecule has 10 nitrogen and oxygen atoms in total. The van der Waals surface area contributed by atoms with Crippen LogP contribution in [0.4, 0.5) is 0 Å². The van der Waals surface area contributed by atoms with Gasteiger partial charge in [-0.1, -0.05) is 13.8 Å². The van der Waals surface area contributed by atoms with Gasteiger partial charge in [-0.15, -0.1) is 0 Å². The van der Waals surface area contributed by atoms with E-state index in [1.807, 2.05) is 13.8 Å². The Hall–Kier alpha value is -4.02. The summed E-state index contributed by atoms with van der Waals surface area (Å²) in [6, 6.07) is 0. The summed E-state index contributed by atoms with van der Waals surface area (Å²) < 4.78 is 16.4. The fraction of sp³-hybridized carbons (Fsp3) is 0.514. The molecule has 0 radical (unpaired) electrons. The summed E-state index contributed by atoms with van der Waals surface area (Å²) in [5, 5.41) is 19.3. The van der Waals surface area contributed by atoms with E-state index in [-0.39, 0.29) is 36.2 Å². The quantitative estimate of drug-likeness (QED) is 0.210. The van der Waals surface area contributed by atoms with Crippen molar-refractivity contribution in [1.29, 1.82) is 0 Å². The Morgan fingerprint density at radius 1 is 1.04 bits per heavy atom. The van der Waals surface area contributed by atoms with Crippen molar-refractivity contribution in [3.05, 3.63) is 79.5 Å². The molecular formula is C37H46N4O6. The molecule has 5 aliphatic rings. The lowest BCUT2D eigenvalue weighted by Gasteiger charge is -2.21. The van der Waals surface area contributed by atoms with Gasteiger partial charge in [-0.3, -0.25) is 9.59 Å². The van der Waals surface area contributed by atoms with Crippen molar-refractivity contribution >= 4 is 23.6 Å². The first kappa shape index (κ1) is 31.6. The number of H-pyrrole nitrogens is 2. The van der Waals surface area contributed by atoms with Gasteiger partial charge < -0.3 is 39.9 Å². The van der Waals surface area contributed by atoms with Gasteiger partial charge in [0.25, 0.3) is 0 Å². The highest BCUT2D eigenvalue weighted by Crippen LogP contribution is 2.52. The van der Waals surface area contributed by atoms with Crippen LogP contribution in [0.3, 0.4) is 0 Å². The number of hydrogen-bond acceptors (Lipinski definition) is 8. The molecular weight excluding hydrogens is 596 g/mol. The topological polar surface area (TPSA) is 141 Å². The van der Waals surface area contributed by atoms with Crippen LogP contribution < -0.4 is 10.6 Å². The van der Waals surface area contributed by atoms with Crippen LogP contribution in [0.5, 0.6) is 0 Å². The largest absolute Gasteiger partial charge is 0.468 e. The molecule has 2 fully saturated rings. The monoisotopic (exact) mass is 642 g/mol. The molecule has 0 aromatic carbocycles. The van der Waals surface area contributed by atoms with Crippen LogP contribution in [0, 0.1) is 37.5 Å². The Balaban J connectivity index is 1.46. The summed E-state index contributed by atoms with van der Waals surface area (Å²) in [5.74, 6) is -1.68. The van der Waals surface area contributed by atoms with Gasteiger partial charge in [0, 0.05) is 75.7 Å². The third kappa shape index (κ3) is 5.08. The molecule has 5 N–H and O–H groups in total. The van der Waals surface area contributed by atoms with Crippen LogP contribution in [0.1, 0.15) is 91.7 Å². The highest BCUT2D eigenvalue weighted by Gasteiger charge is 2.49. The van der Waals surface area contributed by atoms with Gasteiger partial charge in [0.05, 0.1) is 44.1 Å². The number of rotatable bonds is 7. The highest BCUT2D eigenvalue weighted by molar-refractivity contribution is 5.94. The van der Waals surface area contributed by atoms with E-state index in [2.05, 4.69) is 60.4 Å². The van der Waals surface area contributed by atoms with Crippen LogP contribution in [-0.4, -0.2) is 53.4 Å². The summed E-state index contributed by atoms with van der Waals surface area (Å²) in [7, 11) is 1.36. The molecule has 250 valence electrons. The Bertz CT molecular complexity index is 1780. The number of epoxide rings is 1. The average Bonchev–Trinajstić information content (AvgIpc) is 3.43. The van der Waals surface area contributed by atoms with E-state index in [4.69, 9.17) is 14.2 Å². The standard InChI is InChI=1S/C37H46N4O6/c1-8-20-16(3)22-14-27-30(28-15-47-28)18(5)24(39-27)12-23-17(4)21(10-11-29(42)46-9-2)34(40-23)32-33(37(44)45-7)36(43)31-19(6)25(41-35(31)32)13-26(20)38-22/h12,14,17,21,28,30,33,36,38-41,43H,8-11,13,15H2,1-7H3/b23-12-,27-14?,34-32-/t17-,21-,28+,30+,33+,36+/m0/s1. The van der Waals surface area contributed by atoms with Crippen LogP contribution in [0.15, 0.2) is 34.4 Å². The summed E-state index contributed by atoms with van der Waals surface area (Å²) >= 11 is 0. The van der Waals surface area contributed by atoms with Gasteiger partial charge in [0.15, 0.2) is 0 Å². The van der Waals surface area contributed by atoms with Crippen LogP contribution in [-0.2, 0) is 36.6 Å². The van der Waals surface area contributed by atoms with Crippen LogP contribution in [0.25, 0.3) is 11.6 Å². The molecule has 7 rings (SSSR count). The molecule has 10 heteroatoms. The number of fused-ring (bicyclic) bond motifs is 7.